The largest absolute Gasteiger partial charge is 0.494 e. The highest BCUT2D eigenvalue weighted by atomic mass is 35.5. The van der Waals surface area contributed by atoms with E-state index < -0.39 is 0 Å². The van der Waals surface area contributed by atoms with Crippen molar-refractivity contribution in [3.05, 3.63) is 54.0 Å². The Morgan fingerprint density at radius 1 is 1.14 bits per heavy atom. The summed E-state index contributed by atoms with van der Waals surface area (Å²) in [6, 6.07) is 14.0. The molecule has 10 heteroatoms. The van der Waals surface area contributed by atoms with Gasteiger partial charge in [-0.05, 0) is 25.2 Å². The van der Waals surface area contributed by atoms with Gasteiger partial charge in [0.15, 0.2) is 0 Å². The van der Waals surface area contributed by atoms with Crippen molar-refractivity contribution in [1.82, 2.24) is 14.9 Å². The minimum atomic E-state index is -0.135. The number of carbonyl (C=O) groups is 1. The van der Waals surface area contributed by atoms with Crippen LogP contribution in [-0.4, -0.2) is 67.0 Å². The Hall–Kier alpha value is -3.40. The van der Waals surface area contributed by atoms with Gasteiger partial charge in [-0.15, -0.1) is 22.9 Å². The summed E-state index contributed by atoms with van der Waals surface area (Å²) < 4.78 is 6.96. The standard InChI is InChI=1S/C27H29ClN6O2S/c1-33-11-13-34(14-12-33)23-16-24(36-2)22(15-21(23)30-26(35)7-9-28)32-27-29-10-8-20(31-27)19-17-37-25-6-4-3-5-18(19)25/h3-6,8,10,15-17H,7,9,11-14H2,1-2H3,(H,30,35)(H,29,31,32). The maximum Gasteiger partial charge on any atom is 0.227 e. The number of alkyl halides is 1. The van der Waals surface area contributed by atoms with Crippen molar-refractivity contribution >= 4 is 61.9 Å². The highest BCUT2D eigenvalue weighted by Gasteiger charge is 2.21. The van der Waals surface area contributed by atoms with E-state index in [1.807, 2.05) is 30.3 Å². The van der Waals surface area contributed by atoms with Gasteiger partial charge in [-0.2, -0.15) is 0 Å². The van der Waals surface area contributed by atoms with E-state index in [0.717, 1.165) is 48.5 Å². The molecule has 2 N–H and O–H groups in total. The summed E-state index contributed by atoms with van der Waals surface area (Å²) in [6.07, 6.45) is 1.98. The number of piperazine rings is 1. The van der Waals surface area contributed by atoms with Crippen LogP contribution in [0.2, 0.25) is 0 Å². The normalized spacial score (nSPS) is 14.1. The van der Waals surface area contributed by atoms with Crippen molar-refractivity contribution in [2.45, 2.75) is 6.42 Å². The molecule has 1 aliphatic rings. The van der Waals surface area contributed by atoms with E-state index in [9.17, 15) is 4.79 Å². The number of nitrogens with zero attached hydrogens (tertiary/aromatic N) is 4. The van der Waals surface area contributed by atoms with Crippen LogP contribution < -0.4 is 20.3 Å². The molecule has 0 atom stereocenters. The van der Waals surface area contributed by atoms with Crippen molar-refractivity contribution in [2.24, 2.45) is 0 Å². The van der Waals surface area contributed by atoms with Crippen LogP contribution in [0.3, 0.4) is 0 Å². The number of likely N-dealkylation sites (N-methyl/N-ethyl adjacent to an activating group) is 1. The molecule has 4 aromatic rings. The summed E-state index contributed by atoms with van der Waals surface area (Å²) >= 11 is 7.52. The Bertz CT molecular complexity index is 1400. The molecule has 1 amide bonds. The number of anilines is 4. The number of hydrogen-bond acceptors (Lipinski definition) is 8. The van der Waals surface area contributed by atoms with E-state index in [2.05, 4.69) is 50.0 Å². The zero-order chi connectivity index (χ0) is 25.8. The summed E-state index contributed by atoms with van der Waals surface area (Å²) in [5.74, 6) is 1.20. The maximum absolute atomic E-state index is 12.5. The molecule has 0 unspecified atom stereocenters. The number of carbonyl (C=O) groups excluding carboxylic acids is 1. The van der Waals surface area contributed by atoms with E-state index in [4.69, 9.17) is 21.3 Å². The van der Waals surface area contributed by atoms with Crippen LogP contribution in [0.5, 0.6) is 5.75 Å². The van der Waals surface area contributed by atoms with E-state index >= 15 is 0 Å². The summed E-state index contributed by atoms with van der Waals surface area (Å²) in [5, 5.41) is 9.63. The van der Waals surface area contributed by atoms with Crippen molar-refractivity contribution in [2.75, 3.05) is 61.7 Å². The molecule has 2 aromatic carbocycles. The third kappa shape index (κ3) is 5.64. The molecule has 2 aromatic heterocycles. The Balaban J connectivity index is 1.49. The molecular weight excluding hydrogens is 508 g/mol. The third-order valence-electron chi connectivity index (χ3n) is 6.42. The average Bonchev–Trinajstić information content (AvgIpc) is 3.34. The van der Waals surface area contributed by atoms with Gasteiger partial charge < -0.3 is 25.2 Å². The van der Waals surface area contributed by atoms with E-state index in [-0.39, 0.29) is 18.2 Å². The molecule has 5 rings (SSSR count). The molecule has 1 fully saturated rings. The van der Waals surface area contributed by atoms with Crippen LogP contribution in [0.1, 0.15) is 6.42 Å². The van der Waals surface area contributed by atoms with Gasteiger partial charge in [-0.3, -0.25) is 4.79 Å². The lowest BCUT2D eigenvalue weighted by Gasteiger charge is -2.35. The van der Waals surface area contributed by atoms with Gasteiger partial charge in [0, 0.05) is 71.8 Å². The molecule has 192 valence electrons. The number of rotatable bonds is 8. The second-order valence-electron chi connectivity index (χ2n) is 8.88. The fourth-order valence-electron chi connectivity index (χ4n) is 4.41. The Labute approximate surface area is 225 Å². The minimum absolute atomic E-state index is 0.135. The molecule has 8 nitrogen and oxygen atoms in total. The number of benzene rings is 2. The second-order valence-corrected chi connectivity index (χ2v) is 10.2. The molecule has 0 spiro atoms. The van der Waals surface area contributed by atoms with Gasteiger partial charge in [-0.1, -0.05) is 18.2 Å². The van der Waals surface area contributed by atoms with Crippen LogP contribution in [0, 0.1) is 0 Å². The molecule has 37 heavy (non-hydrogen) atoms. The van der Waals surface area contributed by atoms with Crippen LogP contribution in [0.4, 0.5) is 23.0 Å². The Morgan fingerprint density at radius 2 is 1.95 bits per heavy atom. The first-order valence-corrected chi connectivity index (χ1v) is 13.5. The number of ether oxygens (including phenoxy) is 1. The molecule has 1 aliphatic heterocycles. The summed E-state index contributed by atoms with van der Waals surface area (Å²) in [6.45, 7) is 3.58. The van der Waals surface area contributed by atoms with Crippen LogP contribution in [0.15, 0.2) is 54.0 Å². The zero-order valence-electron chi connectivity index (χ0n) is 20.8. The fraction of sp³-hybridized carbons (Fsp3) is 0.296. The Kier molecular flexibility index (Phi) is 7.73. The number of fused-ring (bicyclic) bond motifs is 1. The molecule has 3 heterocycles. The van der Waals surface area contributed by atoms with Crippen molar-refractivity contribution < 1.29 is 9.53 Å². The Morgan fingerprint density at radius 3 is 2.73 bits per heavy atom. The third-order valence-corrected chi connectivity index (χ3v) is 7.57. The fourth-order valence-corrected chi connectivity index (χ4v) is 5.54. The van der Waals surface area contributed by atoms with E-state index in [1.165, 1.54) is 4.70 Å². The van der Waals surface area contributed by atoms with Crippen LogP contribution in [0.25, 0.3) is 21.3 Å². The maximum atomic E-state index is 12.5. The minimum Gasteiger partial charge on any atom is -0.494 e. The number of thiophene rings is 1. The number of nitrogens with one attached hydrogen (secondary N) is 2. The molecular formula is C27H29ClN6O2S. The first-order chi connectivity index (χ1) is 18.1. The average molecular weight is 537 g/mol. The highest BCUT2D eigenvalue weighted by Crippen LogP contribution is 2.39. The van der Waals surface area contributed by atoms with Crippen molar-refractivity contribution in [1.29, 1.82) is 0 Å². The van der Waals surface area contributed by atoms with E-state index in [1.54, 1.807) is 24.6 Å². The zero-order valence-corrected chi connectivity index (χ0v) is 22.4. The SMILES string of the molecule is COc1cc(N2CCN(C)CC2)c(NC(=O)CCCl)cc1Nc1nccc(-c2csc3ccccc23)n1. The molecule has 0 bridgehead atoms. The monoisotopic (exact) mass is 536 g/mol. The number of methoxy groups -OCH3 is 1. The van der Waals surface area contributed by atoms with Gasteiger partial charge in [-0.25, -0.2) is 9.97 Å². The smallest absolute Gasteiger partial charge is 0.227 e. The lowest BCUT2D eigenvalue weighted by Crippen LogP contribution is -2.44. The lowest BCUT2D eigenvalue weighted by atomic mass is 10.1. The van der Waals surface area contributed by atoms with Gasteiger partial charge in [0.1, 0.15) is 5.75 Å². The summed E-state index contributed by atoms with van der Waals surface area (Å²) in [5.41, 5.74) is 4.17. The van der Waals surface area contributed by atoms with Crippen molar-refractivity contribution in [3.63, 3.8) is 0 Å². The van der Waals surface area contributed by atoms with Crippen LogP contribution >= 0.6 is 22.9 Å². The van der Waals surface area contributed by atoms with Gasteiger partial charge in [0.25, 0.3) is 0 Å². The number of halogens is 1. The van der Waals surface area contributed by atoms with Crippen molar-refractivity contribution in [3.8, 4) is 17.0 Å². The van der Waals surface area contributed by atoms with Gasteiger partial charge in [0.05, 0.1) is 29.9 Å². The van der Waals surface area contributed by atoms with E-state index in [0.29, 0.717) is 23.1 Å². The second kappa shape index (κ2) is 11.3. The molecule has 0 saturated carbocycles. The molecule has 1 saturated heterocycles. The predicted molar refractivity (Wildman–Crippen MR) is 153 cm³/mol. The van der Waals surface area contributed by atoms with Crippen LogP contribution in [-0.2, 0) is 4.79 Å². The number of hydrogen-bond donors (Lipinski definition) is 2. The summed E-state index contributed by atoms with van der Waals surface area (Å²) in [7, 11) is 3.75. The molecule has 0 radical (unpaired) electrons. The first-order valence-electron chi connectivity index (χ1n) is 12.1. The predicted octanol–water partition coefficient (Wildman–Crippen LogP) is 5.43. The lowest BCUT2D eigenvalue weighted by molar-refractivity contribution is -0.115. The van der Waals surface area contributed by atoms with Gasteiger partial charge >= 0.3 is 0 Å². The van der Waals surface area contributed by atoms with Gasteiger partial charge in [0.2, 0.25) is 11.9 Å². The first kappa shape index (κ1) is 25.3. The molecule has 0 aliphatic carbocycles. The number of aromatic nitrogens is 2. The number of amides is 1. The summed E-state index contributed by atoms with van der Waals surface area (Å²) in [4.78, 5) is 26.3. The topological polar surface area (TPSA) is 82.6 Å². The quantitative estimate of drug-likeness (QED) is 0.290. The highest BCUT2D eigenvalue weighted by molar-refractivity contribution is 7.17.